The maximum Gasteiger partial charge on any atom is 0.472 e. The third kappa shape index (κ3) is 61.7. The maximum atomic E-state index is 13.6. The van der Waals surface area contributed by atoms with E-state index in [1.54, 1.807) is 0 Å². The van der Waals surface area contributed by atoms with Crippen molar-refractivity contribution in [2.75, 3.05) is 40.9 Å². The van der Waals surface area contributed by atoms with Crippen molar-refractivity contribution in [1.82, 2.24) is 5.32 Å². The minimum absolute atomic E-state index is 0.0350. The van der Waals surface area contributed by atoms with Crippen molar-refractivity contribution < 1.29 is 37.3 Å². The third-order valence-electron chi connectivity index (χ3n) is 15.1. The van der Waals surface area contributed by atoms with Crippen molar-refractivity contribution in [1.29, 1.82) is 0 Å². The number of likely N-dealkylation sites (N-methyl/N-ethyl adjacent to an activating group) is 1. The van der Waals surface area contributed by atoms with Gasteiger partial charge in [-0.25, -0.2) is 4.57 Å². The summed E-state index contributed by atoms with van der Waals surface area (Å²) in [4.78, 5) is 37.9. The second-order valence-corrected chi connectivity index (χ2v) is 25.8. The van der Waals surface area contributed by atoms with Crippen LogP contribution in [0.1, 0.15) is 310 Å². The second kappa shape index (κ2) is 61.3. The Kier molecular flexibility index (Phi) is 59.2. The molecule has 0 aliphatic heterocycles. The fraction of sp³-hybridized carbons (Fsp3) is 0.778. The first-order valence-corrected chi connectivity index (χ1v) is 35.9. The summed E-state index contributed by atoms with van der Waals surface area (Å²) in [6, 6.07) is -0.859. The van der Waals surface area contributed by atoms with Crippen LogP contribution in [0.25, 0.3) is 0 Å². The second-order valence-electron chi connectivity index (χ2n) is 24.3. The lowest BCUT2D eigenvalue weighted by Crippen LogP contribution is -2.47. The van der Waals surface area contributed by atoms with Crippen LogP contribution in [0.15, 0.2) is 85.1 Å². The molecule has 0 aromatic heterocycles. The highest BCUT2D eigenvalue weighted by Crippen LogP contribution is 2.43. The highest BCUT2D eigenvalue weighted by molar-refractivity contribution is 7.47. The highest BCUT2D eigenvalue weighted by atomic mass is 31.2. The lowest BCUT2D eigenvalue weighted by atomic mass is 10.0. The third-order valence-corrected chi connectivity index (χ3v) is 16.0. The van der Waals surface area contributed by atoms with Crippen LogP contribution in [0.5, 0.6) is 0 Å². The molecule has 1 amide bonds. The summed E-state index contributed by atoms with van der Waals surface area (Å²) in [6.07, 6.45) is 81.5. The number of carbonyl (C=O) groups excluding carboxylic acids is 2. The van der Waals surface area contributed by atoms with Crippen molar-refractivity contribution in [3.63, 3.8) is 0 Å². The van der Waals surface area contributed by atoms with Gasteiger partial charge >= 0.3 is 13.8 Å². The number of nitrogens with one attached hydrogen (secondary N) is 1. The molecular weight excluding hydrogens is 1040 g/mol. The van der Waals surface area contributed by atoms with Gasteiger partial charge < -0.3 is 19.4 Å². The molecule has 0 fully saturated rings. The van der Waals surface area contributed by atoms with Gasteiger partial charge in [-0.2, -0.15) is 0 Å². The zero-order valence-corrected chi connectivity index (χ0v) is 55.4. The van der Waals surface area contributed by atoms with E-state index >= 15 is 0 Å². The number of amides is 1. The van der Waals surface area contributed by atoms with Gasteiger partial charge in [-0.05, 0) is 109 Å². The lowest BCUT2D eigenvalue weighted by Gasteiger charge is -2.27. The van der Waals surface area contributed by atoms with Crippen LogP contribution in [0.3, 0.4) is 0 Å². The fourth-order valence-corrected chi connectivity index (χ4v) is 10.5. The van der Waals surface area contributed by atoms with E-state index in [0.29, 0.717) is 17.4 Å². The van der Waals surface area contributed by atoms with Gasteiger partial charge in [0, 0.05) is 12.8 Å². The van der Waals surface area contributed by atoms with Gasteiger partial charge in [0.05, 0.1) is 33.8 Å². The number of unbranched alkanes of at least 4 members (excludes halogenated alkanes) is 34. The SMILES string of the molecule is CCCCC/C=C\C/C=C\C/C=C\CCCCCCCCCCCCCCC(=O)NC(COP(=O)(O)OCC[N+](C)(C)C)C(/C=C\CCCCCCCCCCCC)OC(=O)CCCCCCCC/C=C\C/C=C\C/C=C\CCCCC. The van der Waals surface area contributed by atoms with Gasteiger partial charge in [0.15, 0.2) is 0 Å². The summed E-state index contributed by atoms with van der Waals surface area (Å²) in [5.74, 6) is -0.517. The van der Waals surface area contributed by atoms with Crippen molar-refractivity contribution in [2.24, 2.45) is 0 Å². The van der Waals surface area contributed by atoms with Crippen molar-refractivity contribution in [3.8, 4) is 0 Å². The Morgan fingerprint density at radius 1 is 0.427 bits per heavy atom. The highest BCUT2D eigenvalue weighted by Gasteiger charge is 2.30. The van der Waals surface area contributed by atoms with Gasteiger partial charge in [0.25, 0.3) is 0 Å². The van der Waals surface area contributed by atoms with Crippen LogP contribution in [0, 0.1) is 0 Å². The largest absolute Gasteiger partial charge is 0.472 e. The number of phosphoric acid groups is 1. The van der Waals surface area contributed by atoms with Crippen LogP contribution < -0.4 is 5.32 Å². The summed E-state index contributed by atoms with van der Waals surface area (Å²) in [5.41, 5.74) is 0. The first-order chi connectivity index (χ1) is 39.9. The molecular formula is C72H132N2O7P+. The lowest BCUT2D eigenvalue weighted by molar-refractivity contribution is -0.870. The summed E-state index contributed by atoms with van der Waals surface area (Å²) in [5, 5.41) is 3.06. The smallest absolute Gasteiger partial charge is 0.456 e. The average Bonchev–Trinajstić information content (AvgIpc) is 3.44. The molecule has 0 saturated heterocycles. The molecule has 0 bridgehead atoms. The number of carbonyl (C=O) groups is 2. The zero-order valence-electron chi connectivity index (χ0n) is 54.5. The Bertz CT molecular complexity index is 1680. The minimum atomic E-state index is -4.46. The summed E-state index contributed by atoms with van der Waals surface area (Å²) in [7, 11) is 1.48. The van der Waals surface area contributed by atoms with E-state index in [4.69, 9.17) is 13.8 Å². The van der Waals surface area contributed by atoms with E-state index < -0.39 is 20.0 Å². The van der Waals surface area contributed by atoms with Crippen molar-refractivity contribution in [2.45, 2.75) is 322 Å². The molecule has 2 N–H and O–H groups in total. The Labute approximate surface area is 507 Å². The molecule has 10 heteroatoms. The first kappa shape index (κ1) is 79.2. The van der Waals surface area contributed by atoms with Gasteiger partial charge in [0.1, 0.15) is 19.3 Å². The Morgan fingerprint density at radius 2 is 0.744 bits per heavy atom. The molecule has 0 aromatic carbocycles. The van der Waals surface area contributed by atoms with E-state index in [1.165, 1.54) is 180 Å². The molecule has 0 aliphatic carbocycles. The van der Waals surface area contributed by atoms with Crippen LogP contribution in [-0.2, 0) is 27.9 Å². The quantitative estimate of drug-likeness (QED) is 0.0205. The summed E-state index contributed by atoms with van der Waals surface area (Å²) >= 11 is 0. The van der Waals surface area contributed by atoms with Crippen molar-refractivity contribution >= 4 is 19.7 Å². The van der Waals surface area contributed by atoms with Gasteiger partial charge in [0.2, 0.25) is 5.91 Å². The van der Waals surface area contributed by atoms with E-state index in [9.17, 15) is 19.0 Å². The number of hydrogen-bond donors (Lipinski definition) is 2. The normalized spacial score (nSPS) is 14.1. The van der Waals surface area contributed by atoms with Gasteiger partial charge in [-0.15, -0.1) is 0 Å². The van der Waals surface area contributed by atoms with Gasteiger partial charge in [-0.1, -0.05) is 273 Å². The number of hydrogen-bond acceptors (Lipinski definition) is 6. The van der Waals surface area contributed by atoms with Crippen LogP contribution in [-0.4, -0.2) is 74.3 Å². The molecule has 82 heavy (non-hydrogen) atoms. The number of esters is 1. The zero-order chi connectivity index (χ0) is 60.0. The Morgan fingerprint density at radius 3 is 1.13 bits per heavy atom. The number of phosphoric ester groups is 1. The minimum Gasteiger partial charge on any atom is -0.456 e. The molecule has 0 radical (unpaired) electrons. The Balaban J connectivity index is 5.12. The monoisotopic (exact) mass is 1170 g/mol. The fourth-order valence-electron chi connectivity index (χ4n) is 9.72. The standard InChI is InChI=1S/C72H131N2O7P/c1-7-10-13-16-19-22-25-28-30-32-34-35-36-37-38-39-41-42-44-46-49-52-55-58-61-64-71(75)73-69(68-80-82(77,78)79-67-66-74(4,5)6)70(63-60-57-54-51-48-27-24-21-18-15-12-9-3)81-72(76)65-62-59-56-53-50-47-45-43-40-33-31-29-26-23-20-17-14-11-8-2/h19-20,22-23,28-31,34-35,40,43,60,63,69-70H,7-18,21,24-27,32-33,36-39,41-42,44-59,61-62,64-68H2,1-6H3,(H-,73,75,77,78)/p+1/b22-19-,23-20-,30-28-,31-29-,35-34-,43-40-,63-60-. The Hall–Kier alpha value is -2.81. The van der Waals surface area contributed by atoms with E-state index in [0.717, 1.165) is 96.3 Å². The topological polar surface area (TPSA) is 111 Å². The van der Waals surface area contributed by atoms with E-state index in [1.807, 2.05) is 33.3 Å². The average molecular weight is 1170 g/mol. The maximum absolute atomic E-state index is 13.6. The number of allylic oxidation sites excluding steroid dienone is 13. The summed E-state index contributed by atoms with van der Waals surface area (Å²) < 4.78 is 30.8. The van der Waals surface area contributed by atoms with Crippen LogP contribution in [0.2, 0.25) is 0 Å². The number of rotatable bonds is 62. The van der Waals surface area contributed by atoms with Gasteiger partial charge in [-0.3, -0.25) is 18.6 Å². The molecule has 0 rings (SSSR count). The molecule has 3 atom stereocenters. The molecule has 0 aromatic rings. The predicted octanol–water partition coefficient (Wildman–Crippen LogP) is 21.7. The van der Waals surface area contributed by atoms with Crippen LogP contribution in [0.4, 0.5) is 0 Å². The number of quaternary nitrogens is 1. The molecule has 0 aliphatic rings. The van der Waals surface area contributed by atoms with Crippen molar-refractivity contribution in [3.05, 3.63) is 85.1 Å². The molecule has 3 unspecified atom stereocenters. The molecule has 0 heterocycles. The molecule has 0 spiro atoms. The summed E-state index contributed by atoms with van der Waals surface area (Å²) in [6.45, 7) is 6.97. The van der Waals surface area contributed by atoms with E-state index in [2.05, 4.69) is 99.0 Å². The molecule has 476 valence electrons. The van der Waals surface area contributed by atoms with Crippen LogP contribution >= 0.6 is 7.82 Å². The molecule has 9 nitrogen and oxygen atoms in total. The first-order valence-electron chi connectivity index (χ1n) is 34.4. The number of nitrogens with zero attached hydrogens (tertiary/aromatic N) is 1. The molecule has 0 saturated carbocycles. The van der Waals surface area contributed by atoms with E-state index in [-0.39, 0.29) is 31.5 Å². The predicted molar refractivity (Wildman–Crippen MR) is 355 cm³/mol. The number of ether oxygens (including phenoxy) is 1.